The molecule has 3 fully saturated rings. The summed E-state index contributed by atoms with van der Waals surface area (Å²) >= 11 is 1.68. The van der Waals surface area contributed by atoms with Crippen molar-refractivity contribution in [3.05, 3.63) is 83.3 Å². The van der Waals surface area contributed by atoms with Crippen molar-refractivity contribution in [1.29, 1.82) is 0 Å². The van der Waals surface area contributed by atoms with Crippen LogP contribution in [0.25, 0.3) is 21.3 Å². The lowest BCUT2D eigenvalue weighted by atomic mass is 9.91. The predicted molar refractivity (Wildman–Crippen MR) is 152 cm³/mol. The minimum absolute atomic E-state index is 0.186. The summed E-state index contributed by atoms with van der Waals surface area (Å²) in [7, 11) is 0. The highest BCUT2D eigenvalue weighted by Crippen LogP contribution is 2.59. The highest BCUT2D eigenvalue weighted by molar-refractivity contribution is 7.18. The molecule has 39 heavy (non-hydrogen) atoms. The lowest BCUT2D eigenvalue weighted by Crippen LogP contribution is -2.37. The van der Waals surface area contributed by atoms with E-state index in [-0.39, 0.29) is 5.41 Å². The number of piperidine rings is 1. The molecule has 0 N–H and O–H groups in total. The Morgan fingerprint density at radius 1 is 0.974 bits per heavy atom. The number of hydrogen-bond acceptors (Lipinski definition) is 7. The molecule has 1 aliphatic carbocycles. The van der Waals surface area contributed by atoms with E-state index in [1.807, 2.05) is 24.3 Å². The standard InChI is InChI=1S/C31H31N5O2S/c1-3-8-25-23(6-1)32-28(36(25)18-22-12-15-37-22)19-35-14-13-31(16-21(31)17-35)27-10-5-11-29(34-27)38-20-30-33-24-7-2-4-9-26(24)39-30/h1-11,21-22H,12-20H2/t21-,22+,31+/m1/s1. The summed E-state index contributed by atoms with van der Waals surface area (Å²) in [6.45, 7) is 5.24. The maximum Gasteiger partial charge on any atom is 0.213 e. The molecule has 0 bridgehead atoms. The number of nitrogens with zero attached hydrogens (tertiary/aromatic N) is 5. The molecular formula is C31H31N5O2S. The van der Waals surface area contributed by atoms with Gasteiger partial charge in [0.1, 0.15) is 17.4 Å². The number of ether oxygens (including phenoxy) is 2. The molecule has 198 valence electrons. The van der Waals surface area contributed by atoms with Crippen LogP contribution in [0.4, 0.5) is 0 Å². The van der Waals surface area contributed by atoms with Crippen LogP contribution in [0.5, 0.6) is 5.88 Å². The van der Waals surface area contributed by atoms with Gasteiger partial charge in [0.2, 0.25) is 5.88 Å². The topological polar surface area (TPSA) is 65.3 Å². The molecule has 0 radical (unpaired) electrons. The Morgan fingerprint density at radius 2 is 1.85 bits per heavy atom. The second-order valence-corrected chi connectivity index (χ2v) is 12.3. The van der Waals surface area contributed by atoms with Crippen LogP contribution in [-0.4, -0.2) is 50.2 Å². The maximum absolute atomic E-state index is 6.11. The second-order valence-electron chi connectivity index (χ2n) is 11.2. The number of para-hydroxylation sites is 3. The Kier molecular flexibility index (Phi) is 5.67. The minimum Gasteiger partial charge on any atom is -0.470 e. The molecule has 5 heterocycles. The molecular weight excluding hydrogens is 506 g/mol. The number of likely N-dealkylation sites (tertiary alicyclic amines) is 1. The van der Waals surface area contributed by atoms with Crippen molar-refractivity contribution in [3.63, 3.8) is 0 Å². The van der Waals surface area contributed by atoms with Gasteiger partial charge in [-0.2, -0.15) is 0 Å². The smallest absolute Gasteiger partial charge is 0.213 e. The van der Waals surface area contributed by atoms with E-state index in [9.17, 15) is 0 Å². The normalized spacial score (nSPS) is 24.5. The molecule has 2 saturated heterocycles. The van der Waals surface area contributed by atoms with Gasteiger partial charge >= 0.3 is 0 Å². The molecule has 3 aromatic heterocycles. The fourth-order valence-electron chi connectivity index (χ4n) is 6.44. The number of rotatable bonds is 8. The van der Waals surface area contributed by atoms with Gasteiger partial charge in [-0.05, 0) is 62.1 Å². The van der Waals surface area contributed by atoms with E-state index >= 15 is 0 Å². The second kappa shape index (κ2) is 9.40. The Hall–Kier alpha value is -3.33. The quantitative estimate of drug-likeness (QED) is 0.258. The van der Waals surface area contributed by atoms with E-state index in [4.69, 9.17) is 24.4 Å². The molecule has 8 rings (SSSR count). The Morgan fingerprint density at radius 3 is 2.69 bits per heavy atom. The molecule has 2 aliphatic heterocycles. The summed E-state index contributed by atoms with van der Waals surface area (Å²) in [4.78, 5) is 17.3. The molecule has 1 saturated carbocycles. The van der Waals surface area contributed by atoms with Crippen LogP contribution in [-0.2, 0) is 29.8 Å². The van der Waals surface area contributed by atoms with Crippen molar-refractivity contribution in [2.45, 2.75) is 50.5 Å². The monoisotopic (exact) mass is 537 g/mol. The third kappa shape index (κ3) is 4.31. The number of fused-ring (bicyclic) bond motifs is 3. The average Bonchev–Trinajstić information content (AvgIpc) is 3.37. The molecule has 0 amide bonds. The summed E-state index contributed by atoms with van der Waals surface area (Å²) in [6, 6.07) is 23.0. The van der Waals surface area contributed by atoms with Gasteiger partial charge in [-0.15, -0.1) is 11.3 Å². The van der Waals surface area contributed by atoms with E-state index in [1.54, 1.807) is 11.3 Å². The van der Waals surface area contributed by atoms with Crippen molar-refractivity contribution < 1.29 is 9.47 Å². The summed E-state index contributed by atoms with van der Waals surface area (Å²) in [5.41, 5.74) is 4.69. The Balaban J connectivity index is 0.946. The van der Waals surface area contributed by atoms with Crippen LogP contribution in [0.3, 0.4) is 0 Å². The van der Waals surface area contributed by atoms with Gasteiger partial charge in [0.05, 0.1) is 46.1 Å². The number of thiazole rings is 1. The van der Waals surface area contributed by atoms with Gasteiger partial charge in [0.15, 0.2) is 0 Å². The van der Waals surface area contributed by atoms with E-state index in [1.165, 1.54) is 22.3 Å². The molecule has 2 aromatic carbocycles. The fraction of sp³-hybridized carbons (Fsp3) is 0.387. The predicted octanol–water partition coefficient (Wildman–Crippen LogP) is 5.57. The van der Waals surface area contributed by atoms with Crippen molar-refractivity contribution in [2.24, 2.45) is 5.92 Å². The first-order valence-corrected chi connectivity index (χ1v) is 14.8. The summed E-state index contributed by atoms with van der Waals surface area (Å²) in [6.07, 6.45) is 3.77. The molecule has 3 atom stereocenters. The van der Waals surface area contributed by atoms with Crippen LogP contribution in [0.15, 0.2) is 66.7 Å². The van der Waals surface area contributed by atoms with Crippen LogP contribution in [0.1, 0.15) is 35.8 Å². The van der Waals surface area contributed by atoms with Crippen LogP contribution in [0.2, 0.25) is 0 Å². The zero-order valence-corrected chi connectivity index (χ0v) is 22.6. The lowest BCUT2D eigenvalue weighted by Gasteiger charge is -2.32. The summed E-state index contributed by atoms with van der Waals surface area (Å²) in [5.74, 6) is 2.48. The molecule has 0 spiro atoms. The van der Waals surface area contributed by atoms with E-state index in [2.05, 4.69) is 51.9 Å². The SMILES string of the molecule is c1cc(OCc2nc3ccccc3s2)nc([C@]23CCN(Cc4nc5ccccc5n4C[C@@H]4CCO4)C[C@H]2C3)c1. The van der Waals surface area contributed by atoms with Crippen molar-refractivity contribution in [3.8, 4) is 5.88 Å². The first-order valence-electron chi connectivity index (χ1n) is 14.0. The van der Waals surface area contributed by atoms with Gasteiger partial charge < -0.3 is 14.0 Å². The summed E-state index contributed by atoms with van der Waals surface area (Å²) in [5, 5.41) is 0.981. The average molecular weight is 538 g/mol. The van der Waals surface area contributed by atoms with E-state index in [0.29, 0.717) is 24.5 Å². The van der Waals surface area contributed by atoms with Crippen LogP contribution < -0.4 is 4.74 Å². The van der Waals surface area contributed by atoms with Crippen molar-refractivity contribution in [1.82, 2.24) is 24.4 Å². The molecule has 0 unspecified atom stereocenters. The molecule has 3 aliphatic rings. The number of hydrogen-bond donors (Lipinski definition) is 0. The third-order valence-corrected chi connectivity index (χ3v) is 9.79. The lowest BCUT2D eigenvalue weighted by molar-refractivity contribution is -0.0592. The number of benzene rings is 2. The van der Waals surface area contributed by atoms with Gasteiger partial charge in [0, 0.05) is 24.6 Å². The zero-order valence-electron chi connectivity index (χ0n) is 21.8. The van der Waals surface area contributed by atoms with Gasteiger partial charge in [-0.3, -0.25) is 4.90 Å². The number of aromatic nitrogens is 4. The highest BCUT2D eigenvalue weighted by atomic mass is 32.1. The van der Waals surface area contributed by atoms with Crippen molar-refractivity contribution in [2.75, 3.05) is 19.7 Å². The molecule has 8 heteroatoms. The highest BCUT2D eigenvalue weighted by Gasteiger charge is 2.58. The Bertz CT molecular complexity index is 1630. The van der Waals surface area contributed by atoms with Crippen LogP contribution in [0, 0.1) is 5.92 Å². The van der Waals surface area contributed by atoms with Crippen LogP contribution >= 0.6 is 11.3 Å². The molecule has 7 nitrogen and oxygen atoms in total. The number of imidazole rings is 1. The van der Waals surface area contributed by atoms with Gasteiger partial charge in [-0.25, -0.2) is 15.0 Å². The van der Waals surface area contributed by atoms with Crippen molar-refractivity contribution >= 4 is 32.6 Å². The van der Waals surface area contributed by atoms with E-state index < -0.39 is 0 Å². The zero-order chi connectivity index (χ0) is 25.8. The first kappa shape index (κ1) is 23.5. The fourth-order valence-corrected chi connectivity index (χ4v) is 7.32. The minimum atomic E-state index is 0.186. The van der Waals surface area contributed by atoms with Gasteiger partial charge in [0.25, 0.3) is 0 Å². The maximum atomic E-state index is 6.11. The third-order valence-electron chi connectivity index (χ3n) is 8.78. The molecule has 5 aromatic rings. The first-order chi connectivity index (χ1) is 19.2. The number of pyridine rings is 1. The summed E-state index contributed by atoms with van der Waals surface area (Å²) < 4.78 is 15.5. The largest absolute Gasteiger partial charge is 0.470 e. The van der Waals surface area contributed by atoms with E-state index in [0.717, 1.165) is 67.5 Å². The van der Waals surface area contributed by atoms with Gasteiger partial charge in [-0.1, -0.05) is 30.3 Å². The Labute approximate surface area is 231 Å².